The van der Waals surface area contributed by atoms with Crippen LogP contribution in [0.1, 0.15) is 25.0 Å². The first-order chi connectivity index (χ1) is 31.5. The lowest BCUT2D eigenvalue weighted by atomic mass is 9.82. The zero-order valence-electron chi connectivity index (χ0n) is 35.6. The highest BCUT2D eigenvalue weighted by atomic mass is 16.3. The fourth-order valence-electron chi connectivity index (χ4n) is 10.7. The standard InChI is InChI=1S/C61H42N2O/c1-61(2)52-23-9-5-22-50(52)59-53(61)24-14-28-57(59)62(54-25-10-6-18-45(54)42-32-36-58-51(38-42)49-35-31-40-15-3-4-19-46(40)60(49)64-58)43-33-29-39(30-34-43)41-16-13-17-44(37-41)63-55-26-11-7-20-47(55)48-21-8-12-27-56(48)63/h3-38H,1-2H3. The van der Waals surface area contributed by atoms with Gasteiger partial charge in [0.05, 0.1) is 22.4 Å². The lowest BCUT2D eigenvalue weighted by Gasteiger charge is -2.30. The number of aromatic nitrogens is 1. The van der Waals surface area contributed by atoms with Crippen molar-refractivity contribution in [2.75, 3.05) is 4.90 Å². The molecule has 12 aromatic rings. The Morgan fingerprint density at radius 3 is 1.88 bits per heavy atom. The van der Waals surface area contributed by atoms with Gasteiger partial charge in [-0.1, -0.05) is 166 Å². The van der Waals surface area contributed by atoms with Crippen molar-refractivity contribution in [1.29, 1.82) is 0 Å². The number of fused-ring (bicyclic) bond motifs is 11. The third-order valence-corrected chi connectivity index (χ3v) is 13.8. The van der Waals surface area contributed by atoms with Gasteiger partial charge >= 0.3 is 0 Å². The lowest BCUT2D eigenvalue weighted by Crippen LogP contribution is -2.16. The number of anilines is 3. The van der Waals surface area contributed by atoms with Gasteiger partial charge in [-0.25, -0.2) is 0 Å². The van der Waals surface area contributed by atoms with E-state index in [2.05, 4.69) is 242 Å². The topological polar surface area (TPSA) is 21.3 Å². The van der Waals surface area contributed by atoms with Crippen LogP contribution in [0.25, 0.3) is 93.6 Å². The van der Waals surface area contributed by atoms with E-state index in [1.165, 1.54) is 55.0 Å². The number of benzene rings is 10. The van der Waals surface area contributed by atoms with Gasteiger partial charge in [0.25, 0.3) is 0 Å². The van der Waals surface area contributed by atoms with Gasteiger partial charge < -0.3 is 13.9 Å². The summed E-state index contributed by atoms with van der Waals surface area (Å²) in [4.78, 5) is 2.48. The SMILES string of the molecule is CC1(C)c2ccccc2-c2c(N(c3ccc(-c4cccc(-n5c6ccccc6c6ccccc65)c4)cc3)c3ccccc3-c3ccc4oc5c6ccccc6ccc5c4c3)cccc21. The van der Waals surface area contributed by atoms with Crippen molar-refractivity contribution in [1.82, 2.24) is 4.57 Å². The second kappa shape index (κ2) is 13.9. The summed E-state index contributed by atoms with van der Waals surface area (Å²) in [7, 11) is 0. The van der Waals surface area contributed by atoms with Crippen molar-refractivity contribution < 1.29 is 4.42 Å². The summed E-state index contributed by atoms with van der Waals surface area (Å²) in [5.41, 5.74) is 18.5. The van der Waals surface area contributed by atoms with Crippen LogP contribution in [0.4, 0.5) is 17.1 Å². The van der Waals surface area contributed by atoms with E-state index in [1.54, 1.807) is 0 Å². The van der Waals surface area contributed by atoms with Gasteiger partial charge in [-0.05, 0) is 105 Å². The van der Waals surface area contributed by atoms with Crippen LogP contribution in [0.3, 0.4) is 0 Å². The molecule has 1 aliphatic carbocycles. The number of rotatable bonds is 6. The van der Waals surface area contributed by atoms with Crippen molar-refractivity contribution in [3.05, 3.63) is 230 Å². The Labute approximate surface area is 371 Å². The molecule has 0 N–H and O–H groups in total. The summed E-state index contributed by atoms with van der Waals surface area (Å²) in [6.07, 6.45) is 0. The Bertz CT molecular complexity index is 3770. The molecule has 1 aliphatic rings. The molecule has 2 heterocycles. The molecular weight excluding hydrogens is 777 g/mol. The van der Waals surface area contributed by atoms with Gasteiger partial charge in [0, 0.05) is 54.8 Å². The fourth-order valence-corrected chi connectivity index (χ4v) is 10.7. The summed E-state index contributed by atoms with van der Waals surface area (Å²) in [6, 6.07) is 79.7. The Morgan fingerprint density at radius 2 is 1.06 bits per heavy atom. The predicted molar refractivity (Wildman–Crippen MR) is 269 cm³/mol. The lowest BCUT2D eigenvalue weighted by molar-refractivity contribution is 0.660. The van der Waals surface area contributed by atoms with Gasteiger partial charge in [0.2, 0.25) is 0 Å². The summed E-state index contributed by atoms with van der Waals surface area (Å²) in [5, 5.41) is 7.08. The highest BCUT2D eigenvalue weighted by molar-refractivity contribution is 6.16. The quantitative estimate of drug-likeness (QED) is 0.167. The highest BCUT2D eigenvalue weighted by Crippen LogP contribution is 2.55. The van der Waals surface area contributed by atoms with Crippen molar-refractivity contribution >= 4 is 71.6 Å². The first-order valence-electron chi connectivity index (χ1n) is 22.2. The van der Waals surface area contributed by atoms with Crippen LogP contribution >= 0.6 is 0 Å². The Kier molecular flexibility index (Phi) is 7.95. The maximum Gasteiger partial charge on any atom is 0.143 e. The third-order valence-electron chi connectivity index (χ3n) is 13.8. The fraction of sp³-hybridized carbons (Fsp3) is 0.0492. The molecule has 0 amide bonds. The predicted octanol–water partition coefficient (Wildman–Crippen LogP) is 16.9. The zero-order valence-corrected chi connectivity index (χ0v) is 35.6. The van der Waals surface area contributed by atoms with Crippen molar-refractivity contribution in [2.24, 2.45) is 0 Å². The van der Waals surface area contributed by atoms with Crippen LogP contribution in [-0.4, -0.2) is 4.57 Å². The molecule has 0 atom stereocenters. The van der Waals surface area contributed by atoms with Crippen LogP contribution < -0.4 is 4.90 Å². The van der Waals surface area contributed by atoms with Crippen molar-refractivity contribution in [3.63, 3.8) is 0 Å². The molecule has 64 heavy (non-hydrogen) atoms. The molecule has 0 saturated carbocycles. The average molecular weight is 819 g/mol. The van der Waals surface area contributed by atoms with Gasteiger partial charge in [0.15, 0.2) is 0 Å². The monoisotopic (exact) mass is 818 g/mol. The van der Waals surface area contributed by atoms with Crippen LogP contribution in [0.5, 0.6) is 0 Å². The number of hydrogen-bond donors (Lipinski definition) is 0. The van der Waals surface area contributed by atoms with Crippen LogP contribution in [-0.2, 0) is 5.41 Å². The zero-order chi connectivity index (χ0) is 42.5. The Morgan fingerprint density at radius 1 is 0.422 bits per heavy atom. The van der Waals surface area contributed by atoms with E-state index in [9.17, 15) is 0 Å². The third kappa shape index (κ3) is 5.41. The maximum atomic E-state index is 6.58. The molecular formula is C61H42N2O. The number of furan rings is 1. The van der Waals surface area contributed by atoms with E-state index >= 15 is 0 Å². The van der Waals surface area contributed by atoms with E-state index in [4.69, 9.17) is 4.42 Å². The molecule has 13 rings (SSSR count). The smallest absolute Gasteiger partial charge is 0.143 e. The van der Waals surface area contributed by atoms with Crippen LogP contribution in [0.2, 0.25) is 0 Å². The Balaban J connectivity index is 0.979. The van der Waals surface area contributed by atoms with E-state index in [-0.39, 0.29) is 5.41 Å². The van der Waals surface area contributed by atoms with Crippen molar-refractivity contribution in [2.45, 2.75) is 19.3 Å². The van der Waals surface area contributed by atoms with E-state index in [1.807, 2.05) is 0 Å². The second-order valence-electron chi connectivity index (χ2n) is 17.7. The molecule has 0 bridgehead atoms. The molecule has 10 aromatic carbocycles. The molecule has 0 unspecified atom stereocenters. The first-order valence-corrected chi connectivity index (χ1v) is 22.2. The summed E-state index contributed by atoms with van der Waals surface area (Å²) in [6.45, 7) is 4.71. The maximum absolute atomic E-state index is 6.58. The molecule has 302 valence electrons. The minimum Gasteiger partial charge on any atom is -0.455 e. The van der Waals surface area contributed by atoms with Crippen molar-refractivity contribution in [3.8, 4) is 39.1 Å². The molecule has 2 aromatic heterocycles. The van der Waals surface area contributed by atoms with Gasteiger partial charge in [-0.15, -0.1) is 0 Å². The largest absolute Gasteiger partial charge is 0.455 e. The van der Waals surface area contributed by atoms with Gasteiger partial charge in [-0.3, -0.25) is 0 Å². The van der Waals surface area contributed by atoms with Crippen LogP contribution in [0, 0.1) is 0 Å². The average Bonchev–Trinajstić information content (AvgIpc) is 3.98. The minimum atomic E-state index is -0.143. The van der Waals surface area contributed by atoms with E-state index in [0.717, 1.165) is 66.8 Å². The number of para-hydroxylation sites is 3. The van der Waals surface area contributed by atoms with E-state index < -0.39 is 0 Å². The summed E-state index contributed by atoms with van der Waals surface area (Å²) >= 11 is 0. The molecule has 3 nitrogen and oxygen atoms in total. The first kappa shape index (κ1) is 36.5. The molecule has 3 heteroatoms. The second-order valence-corrected chi connectivity index (χ2v) is 17.7. The normalized spacial score (nSPS) is 13.0. The summed E-state index contributed by atoms with van der Waals surface area (Å²) in [5.74, 6) is 0. The molecule has 0 saturated heterocycles. The minimum absolute atomic E-state index is 0.143. The van der Waals surface area contributed by atoms with Gasteiger partial charge in [0.1, 0.15) is 11.2 Å². The molecule has 0 spiro atoms. The van der Waals surface area contributed by atoms with Gasteiger partial charge in [-0.2, -0.15) is 0 Å². The molecule has 0 fully saturated rings. The number of hydrogen-bond acceptors (Lipinski definition) is 2. The number of nitrogens with zero attached hydrogens (tertiary/aromatic N) is 2. The highest BCUT2D eigenvalue weighted by Gasteiger charge is 2.38. The van der Waals surface area contributed by atoms with E-state index in [0.29, 0.717) is 0 Å². The molecule has 0 radical (unpaired) electrons. The summed E-state index contributed by atoms with van der Waals surface area (Å²) < 4.78 is 8.97. The van der Waals surface area contributed by atoms with Crippen LogP contribution in [0.15, 0.2) is 223 Å². The molecule has 0 aliphatic heterocycles. The Hall–Kier alpha value is -8.14.